The monoisotopic (exact) mass is 771 g/mol. The number of hydrogen-bond donors (Lipinski definition) is 4. The second-order valence-corrected chi connectivity index (χ2v) is 12.0. The summed E-state index contributed by atoms with van der Waals surface area (Å²) in [7, 11) is 0. The molecule has 0 aromatic heterocycles. The average Bonchev–Trinajstić information content (AvgIpc) is 2.98. The Labute approximate surface area is 274 Å². The molecule has 0 aliphatic rings. The van der Waals surface area contributed by atoms with Crippen LogP contribution in [0.25, 0.3) is 0 Å². The van der Waals surface area contributed by atoms with Crippen LogP contribution in [0.3, 0.4) is 0 Å². The number of aromatic hydroxyl groups is 1. The number of nitrogens with two attached hydrogens (primary N) is 1. The van der Waals surface area contributed by atoms with Crippen molar-refractivity contribution in [3.05, 3.63) is 122 Å². The van der Waals surface area contributed by atoms with E-state index in [1.54, 1.807) is 78.9 Å². The summed E-state index contributed by atoms with van der Waals surface area (Å²) < 4.78 is 14.2. The second kappa shape index (κ2) is 15.6. The molecule has 0 bridgehead atoms. The molecule has 0 aliphatic heterocycles. The SMILES string of the molecule is Nc1ccccc1NC(=O)/C=C/CC[C@@H](Oc1ccccc1)[C@H](OC(=O)Nc1ccc(Br)cc1)c1cc(Br)cc(Br)c1O. The summed E-state index contributed by atoms with van der Waals surface area (Å²) in [5, 5.41) is 16.5. The van der Waals surface area contributed by atoms with E-state index in [-0.39, 0.29) is 11.7 Å². The highest BCUT2D eigenvalue weighted by Crippen LogP contribution is 2.40. The molecule has 4 rings (SSSR count). The molecule has 0 aliphatic carbocycles. The number of amides is 2. The van der Waals surface area contributed by atoms with Crippen molar-refractivity contribution in [2.24, 2.45) is 0 Å². The van der Waals surface area contributed by atoms with E-state index in [0.717, 1.165) is 4.47 Å². The van der Waals surface area contributed by atoms with Crippen LogP contribution in [0.5, 0.6) is 11.5 Å². The van der Waals surface area contributed by atoms with E-state index in [2.05, 4.69) is 58.4 Å². The highest BCUT2D eigenvalue weighted by Gasteiger charge is 2.32. The van der Waals surface area contributed by atoms with Gasteiger partial charge in [0.05, 0.1) is 15.8 Å². The van der Waals surface area contributed by atoms with Crippen molar-refractivity contribution < 1.29 is 24.2 Å². The van der Waals surface area contributed by atoms with E-state index in [0.29, 0.717) is 50.2 Å². The molecule has 8 nitrogen and oxygen atoms in total. The molecule has 11 heteroatoms. The zero-order valence-electron chi connectivity index (χ0n) is 22.7. The number of allylic oxidation sites excluding steroid dienone is 1. The fraction of sp³-hybridized carbons (Fsp3) is 0.125. The van der Waals surface area contributed by atoms with Crippen molar-refractivity contribution in [1.29, 1.82) is 0 Å². The molecule has 0 saturated heterocycles. The van der Waals surface area contributed by atoms with Crippen LogP contribution in [0, 0.1) is 0 Å². The molecule has 0 fully saturated rings. The lowest BCUT2D eigenvalue weighted by Gasteiger charge is -2.29. The van der Waals surface area contributed by atoms with Crippen LogP contribution >= 0.6 is 47.8 Å². The normalized spacial score (nSPS) is 12.3. The first-order valence-corrected chi connectivity index (χ1v) is 15.5. The minimum Gasteiger partial charge on any atom is -0.506 e. The molecule has 5 N–H and O–H groups in total. The van der Waals surface area contributed by atoms with Gasteiger partial charge in [-0.2, -0.15) is 0 Å². The summed E-state index contributed by atoms with van der Waals surface area (Å²) in [5.41, 5.74) is 7.76. The van der Waals surface area contributed by atoms with Gasteiger partial charge in [-0.1, -0.05) is 68.3 Å². The number of phenolic OH excluding ortho intramolecular Hbond substituents is 1. The molecule has 4 aromatic carbocycles. The predicted molar refractivity (Wildman–Crippen MR) is 179 cm³/mol. The van der Waals surface area contributed by atoms with Gasteiger partial charge in [0.25, 0.3) is 0 Å². The number of halogens is 3. The lowest BCUT2D eigenvalue weighted by atomic mass is 9.99. The predicted octanol–water partition coefficient (Wildman–Crippen LogP) is 8.97. The number of nitrogen functional groups attached to an aromatic ring is 1. The third-order valence-corrected chi connectivity index (χ3v) is 7.75. The van der Waals surface area contributed by atoms with Crippen LogP contribution in [0.1, 0.15) is 24.5 Å². The Bertz CT molecular complexity index is 1580. The van der Waals surface area contributed by atoms with Gasteiger partial charge in [0, 0.05) is 20.2 Å². The average molecular weight is 774 g/mol. The molecule has 43 heavy (non-hydrogen) atoms. The van der Waals surface area contributed by atoms with Crippen molar-refractivity contribution >= 4 is 76.9 Å². The Kier molecular flexibility index (Phi) is 11.7. The van der Waals surface area contributed by atoms with Gasteiger partial charge >= 0.3 is 6.09 Å². The first-order valence-electron chi connectivity index (χ1n) is 13.1. The summed E-state index contributed by atoms with van der Waals surface area (Å²) >= 11 is 10.2. The maximum Gasteiger partial charge on any atom is 0.412 e. The quantitative estimate of drug-likeness (QED) is 0.0892. The van der Waals surface area contributed by atoms with Crippen LogP contribution in [0.4, 0.5) is 21.9 Å². The second-order valence-electron chi connectivity index (χ2n) is 9.31. The molecule has 4 aromatic rings. The summed E-state index contributed by atoms with van der Waals surface area (Å²) in [6, 6.07) is 26.5. The Hall–Kier alpha value is -3.80. The van der Waals surface area contributed by atoms with Gasteiger partial charge in [0.1, 0.15) is 17.6 Å². The topological polar surface area (TPSA) is 123 Å². The first-order chi connectivity index (χ1) is 20.7. The standard InChI is InChI=1S/C32H28Br3N3O5/c33-20-14-16-22(17-15-20)37-32(41)43-31(24-18-21(34)19-25(35)30(24)40)28(42-23-8-2-1-3-9-23)12-6-7-13-29(39)38-27-11-5-4-10-26(27)36/h1-5,7-11,13-19,28,31,40H,6,12,36H2,(H,37,41)(H,38,39)/b13-7+/t28-,31-/m1/s1. The number of carbonyl (C=O) groups is 2. The lowest BCUT2D eigenvalue weighted by Crippen LogP contribution is -2.31. The number of ether oxygens (including phenoxy) is 2. The highest BCUT2D eigenvalue weighted by molar-refractivity contribution is 9.11. The zero-order chi connectivity index (χ0) is 30.8. The summed E-state index contributed by atoms with van der Waals surface area (Å²) in [4.78, 5) is 25.7. The number of para-hydroxylation sites is 3. The van der Waals surface area contributed by atoms with Gasteiger partial charge in [-0.15, -0.1) is 0 Å². The van der Waals surface area contributed by atoms with Crippen LogP contribution in [-0.2, 0) is 9.53 Å². The van der Waals surface area contributed by atoms with Crippen molar-refractivity contribution in [2.75, 3.05) is 16.4 Å². The Morgan fingerprint density at radius 1 is 0.884 bits per heavy atom. The van der Waals surface area contributed by atoms with Crippen LogP contribution in [0.15, 0.2) is 117 Å². The number of phenols is 1. The van der Waals surface area contributed by atoms with Crippen LogP contribution < -0.4 is 21.1 Å². The molecule has 0 radical (unpaired) electrons. The van der Waals surface area contributed by atoms with Crippen molar-refractivity contribution in [3.8, 4) is 11.5 Å². The van der Waals surface area contributed by atoms with Gasteiger partial charge < -0.3 is 25.6 Å². The minimum absolute atomic E-state index is 0.0957. The smallest absolute Gasteiger partial charge is 0.412 e. The molecule has 0 saturated carbocycles. The number of anilines is 3. The van der Waals surface area contributed by atoms with Crippen molar-refractivity contribution in [1.82, 2.24) is 0 Å². The Morgan fingerprint density at radius 2 is 1.58 bits per heavy atom. The molecule has 0 heterocycles. The lowest BCUT2D eigenvalue weighted by molar-refractivity contribution is -0.111. The largest absolute Gasteiger partial charge is 0.506 e. The molecule has 2 atom stereocenters. The third kappa shape index (κ3) is 9.60. The highest BCUT2D eigenvalue weighted by atomic mass is 79.9. The van der Waals surface area contributed by atoms with Crippen molar-refractivity contribution in [3.63, 3.8) is 0 Å². The summed E-state index contributed by atoms with van der Waals surface area (Å²) in [6.45, 7) is 0. The van der Waals surface area contributed by atoms with E-state index >= 15 is 0 Å². The zero-order valence-corrected chi connectivity index (χ0v) is 27.4. The number of benzene rings is 4. The van der Waals surface area contributed by atoms with Gasteiger partial charge in [-0.25, -0.2) is 4.79 Å². The van der Waals surface area contributed by atoms with Gasteiger partial charge in [0.2, 0.25) is 5.91 Å². The molecule has 222 valence electrons. The Balaban J connectivity index is 1.59. The fourth-order valence-electron chi connectivity index (χ4n) is 4.12. The third-order valence-electron chi connectivity index (χ3n) is 6.16. The van der Waals surface area contributed by atoms with Gasteiger partial charge in [0.15, 0.2) is 6.10 Å². The first kappa shape index (κ1) is 32.1. The molecule has 2 amide bonds. The maximum atomic E-state index is 13.2. The summed E-state index contributed by atoms with van der Waals surface area (Å²) in [6.07, 6.45) is 1.28. The van der Waals surface area contributed by atoms with Gasteiger partial charge in [-0.3, -0.25) is 10.1 Å². The van der Waals surface area contributed by atoms with E-state index in [4.69, 9.17) is 15.2 Å². The van der Waals surface area contributed by atoms with E-state index in [1.165, 1.54) is 6.08 Å². The molecular formula is C32H28Br3N3O5. The fourth-order valence-corrected chi connectivity index (χ4v) is 5.64. The maximum absolute atomic E-state index is 13.2. The minimum atomic E-state index is -1.05. The molecular weight excluding hydrogens is 746 g/mol. The number of hydrogen-bond acceptors (Lipinski definition) is 6. The van der Waals surface area contributed by atoms with Gasteiger partial charge in [-0.05, 0) is 95.5 Å². The number of carbonyl (C=O) groups excluding carboxylic acids is 2. The van der Waals surface area contributed by atoms with E-state index in [9.17, 15) is 14.7 Å². The van der Waals surface area contributed by atoms with E-state index < -0.39 is 18.3 Å². The van der Waals surface area contributed by atoms with E-state index in [1.807, 2.05) is 18.2 Å². The molecule has 0 spiro atoms. The summed E-state index contributed by atoms with van der Waals surface area (Å²) in [5.74, 6) is 0.111. The molecule has 0 unspecified atom stereocenters. The van der Waals surface area contributed by atoms with Crippen LogP contribution in [0.2, 0.25) is 0 Å². The number of rotatable bonds is 11. The number of nitrogens with one attached hydrogen (secondary N) is 2. The van der Waals surface area contributed by atoms with Crippen LogP contribution in [-0.4, -0.2) is 23.2 Å². The Morgan fingerprint density at radius 3 is 2.30 bits per heavy atom. The van der Waals surface area contributed by atoms with Crippen molar-refractivity contribution in [2.45, 2.75) is 25.0 Å².